The maximum Gasteiger partial charge on any atom is 0.269 e. The fourth-order valence-corrected chi connectivity index (χ4v) is 3.96. The Kier molecular flexibility index (Phi) is 7.51. The SMILES string of the molecule is C=C(NNC(=O)c1ccc(CSc2ccc(Cl)cc2)cc1)c1ccc(Cl)cc1Cl. The number of halogens is 3. The second kappa shape index (κ2) is 10.1. The van der Waals surface area contributed by atoms with Gasteiger partial charge < -0.3 is 0 Å². The number of carbonyl (C=O) groups excluding carboxylic acids is 1. The van der Waals surface area contributed by atoms with Gasteiger partial charge in [0.05, 0.1) is 10.7 Å². The van der Waals surface area contributed by atoms with Crippen molar-refractivity contribution in [3.05, 3.63) is 105 Å². The predicted octanol–water partition coefficient (Wildman–Crippen LogP) is 6.84. The highest BCUT2D eigenvalue weighted by molar-refractivity contribution is 7.98. The Balaban J connectivity index is 1.53. The lowest BCUT2D eigenvalue weighted by atomic mass is 10.1. The van der Waals surface area contributed by atoms with E-state index < -0.39 is 0 Å². The molecule has 0 heterocycles. The fraction of sp³-hybridized carbons (Fsp3) is 0.0455. The van der Waals surface area contributed by atoms with E-state index in [1.54, 1.807) is 42.1 Å². The van der Waals surface area contributed by atoms with Crippen molar-refractivity contribution < 1.29 is 4.79 Å². The molecule has 2 N–H and O–H groups in total. The van der Waals surface area contributed by atoms with Crippen LogP contribution >= 0.6 is 46.6 Å². The number of rotatable bonds is 7. The second-order valence-corrected chi connectivity index (χ2v) is 8.45. The molecule has 0 fully saturated rings. The number of carbonyl (C=O) groups is 1. The number of hydrogen-bond acceptors (Lipinski definition) is 3. The molecule has 29 heavy (non-hydrogen) atoms. The van der Waals surface area contributed by atoms with Gasteiger partial charge in [0.25, 0.3) is 5.91 Å². The Morgan fingerprint density at radius 2 is 1.52 bits per heavy atom. The highest BCUT2D eigenvalue weighted by Crippen LogP contribution is 2.25. The first kappa shape index (κ1) is 21.6. The van der Waals surface area contributed by atoms with Crippen molar-refractivity contribution in [3.63, 3.8) is 0 Å². The number of hydrogen-bond donors (Lipinski definition) is 2. The van der Waals surface area contributed by atoms with Gasteiger partial charge in [0, 0.05) is 31.8 Å². The lowest BCUT2D eigenvalue weighted by molar-refractivity contribution is 0.0942. The van der Waals surface area contributed by atoms with Crippen molar-refractivity contribution in [2.45, 2.75) is 10.6 Å². The van der Waals surface area contributed by atoms with Gasteiger partial charge in [-0.15, -0.1) is 11.8 Å². The minimum absolute atomic E-state index is 0.270. The van der Waals surface area contributed by atoms with Gasteiger partial charge in [-0.05, 0) is 60.2 Å². The van der Waals surface area contributed by atoms with Crippen LogP contribution in [0.4, 0.5) is 0 Å². The molecule has 0 aliphatic heterocycles. The Morgan fingerprint density at radius 3 is 2.17 bits per heavy atom. The van der Waals surface area contributed by atoms with E-state index in [-0.39, 0.29) is 5.91 Å². The third kappa shape index (κ3) is 6.18. The van der Waals surface area contributed by atoms with Crippen molar-refractivity contribution in [1.82, 2.24) is 10.9 Å². The standard InChI is InChI=1S/C22H17Cl3N2OS/c1-14(20-11-8-18(24)12-21(20)25)26-27-22(28)16-4-2-15(3-5-16)13-29-19-9-6-17(23)7-10-19/h2-12,26H,1,13H2,(H,27,28). The number of nitrogens with one attached hydrogen (secondary N) is 2. The Morgan fingerprint density at radius 1 is 0.862 bits per heavy atom. The van der Waals surface area contributed by atoms with Crippen molar-refractivity contribution in [2.75, 3.05) is 0 Å². The lowest BCUT2D eigenvalue weighted by Crippen LogP contribution is -2.35. The summed E-state index contributed by atoms with van der Waals surface area (Å²) in [5.41, 5.74) is 8.19. The maximum atomic E-state index is 12.4. The summed E-state index contributed by atoms with van der Waals surface area (Å²) in [5, 5.41) is 1.70. The molecule has 148 valence electrons. The van der Waals surface area contributed by atoms with Crippen LogP contribution in [0.25, 0.3) is 5.70 Å². The number of thioether (sulfide) groups is 1. The molecule has 0 aliphatic rings. The van der Waals surface area contributed by atoms with E-state index in [1.165, 1.54) is 0 Å². The molecule has 7 heteroatoms. The molecule has 3 aromatic rings. The molecule has 0 aliphatic carbocycles. The molecular formula is C22H17Cl3N2OS. The summed E-state index contributed by atoms with van der Waals surface area (Å²) in [6, 6.07) is 20.2. The third-order valence-electron chi connectivity index (χ3n) is 4.02. The van der Waals surface area contributed by atoms with Gasteiger partial charge >= 0.3 is 0 Å². The summed E-state index contributed by atoms with van der Waals surface area (Å²) in [5.74, 6) is 0.529. The van der Waals surface area contributed by atoms with Gasteiger partial charge in [0.2, 0.25) is 0 Å². The van der Waals surface area contributed by atoms with Crippen LogP contribution in [0.2, 0.25) is 15.1 Å². The van der Waals surface area contributed by atoms with Gasteiger partial charge in [0.15, 0.2) is 0 Å². The maximum absolute atomic E-state index is 12.4. The molecule has 1 amide bonds. The van der Waals surface area contributed by atoms with E-state index in [4.69, 9.17) is 34.8 Å². The van der Waals surface area contributed by atoms with Gasteiger partial charge in [0.1, 0.15) is 0 Å². The summed E-state index contributed by atoms with van der Waals surface area (Å²) in [7, 11) is 0. The van der Waals surface area contributed by atoms with E-state index in [2.05, 4.69) is 17.4 Å². The first-order valence-corrected chi connectivity index (χ1v) is 10.7. The molecule has 3 rings (SSSR count). The van der Waals surface area contributed by atoms with Crippen LogP contribution in [-0.4, -0.2) is 5.91 Å². The van der Waals surface area contributed by atoms with E-state index in [1.807, 2.05) is 36.4 Å². The van der Waals surface area contributed by atoms with E-state index >= 15 is 0 Å². The minimum Gasteiger partial charge on any atom is -0.298 e. The Hall–Kier alpha value is -2.11. The Bertz CT molecular complexity index is 1020. The average Bonchev–Trinajstić information content (AvgIpc) is 2.72. The summed E-state index contributed by atoms with van der Waals surface area (Å²) in [6.07, 6.45) is 0. The quantitative estimate of drug-likeness (QED) is 0.297. The molecule has 0 bridgehead atoms. The average molecular weight is 464 g/mol. The lowest BCUT2D eigenvalue weighted by Gasteiger charge is -2.13. The normalized spacial score (nSPS) is 10.4. The summed E-state index contributed by atoms with van der Waals surface area (Å²) in [4.78, 5) is 13.5. The molecule has 0 spiro atoms. The van der Waals surface area contributed by atoms with E-state index in [0.717, 1.165) is 21.2 Å². The first-order chi connectivity index (χ1) is 13.9. The van der Waals surface area contributed by atoms with Crippen LogP contribution in [0.3, 0.4) is 0 Å². The fourth-order valence-electron chi connectivity index (χ4n) is 2.46. The summed E-state index contributed by atoms with van der Waals surface area (Å²) in [6.45, 7) is 3.89. The smallest absolute Gasteiger partial charge is 0.269 e. The largest absolute Gasteiger partial charge is 0.298 e. The summed E-state index contributed by atoms with van der Waals surface area (Å²) >= 11 is 19.6. The zero-order valence-electron chi connectivity index (χ0n) is 15.2. The summed E-state index contributed by atoms with van der Waals surface area (Å²) < 4.78 is 0. The molecule has 0 unspecified atom stereocenters. The molecule has 3 nitrogen and oxygen atoms in total. The predicted molar refractivity (Wildman–Crippen MR) is 124 cm³/mol. The highest BCUT2D eigenvalue weighted by Gasteiger charge is 2.09. The van der Waals surface area contributed by atoms with Crippen LogP contribution in [0.15, 0.2) is 78.2 Å². The van der Waals surface area contributed by atoms with Crippen LogP contribution in [0, 0.1) is 0 Å². The molecular weight excluding hydrogens is 447 g/mol. The highest BCUT2D eigenvalue weighted by atomic mass is 35.5. The van der Waals surface area contributed by atoms with Crippen LogP contribution in [0.5, 0.6) is 0 Å². The molecule has 0 saturated carbocycles. The molecule has 0 saturated heterocycles. The zero-order chi connectivity index (χ0) is 20.8. The van der Waals surface area contributed by atoms with Crippen molar-refractivity contribution in [2.24, 2.45) is 0 Å². The third-order valence-corrected chi connectivity index (χ3v) is 5.90. The van der Waals surface area contributed by atoms with Crippen molar-refractivity contribution >= 4 is 58.2 Å². The Labute approximate surface area is 189 Å². The zero-order valence-corrected chi connectivity index (χ0v) is 18.3. The van der Waals surface area contributed by atoms with Gasteiger partial charge in [-0.25, -0.2) is 0 Å². The van der Waals surface area contributed by atoms with E-state index in [9.17, 15) is 4.79 Å². The van der Waals surface area contributed by atoms with Crippen LogP contribution in [0.1, 0.15) is 21.5 Å². The van der Waals surface area contributed by atoms with Crippen molar-refractivity contribution in [1.29, 1.82) is 0 Å². The molecule has 0 atom stereocenters. The molecule has 0 aromatic heterocycles. The number of benzene rings is 3. The molecule has 0 radical (unpaired) electrons. The van der Waals surface area contributed by atoms with Crippen molar-refractivity contribution in [3.8, 4) is 0 Å². The van der Waals surface area contributed by atoms with Gasteiger partial charge in [-0.1, -0.05) is 53.5 Å². The topological polar surface area (TPSA) is 41.1 Å². The molecule has 3 aromatic carbocycles. The van der Waals surface area contributed by atoms with Gasteiger partial charge in [-0.3, -0.25) is 15.6 Å². The number of hydrazine groups is 1. The van der Waals surface area contributed by atoms with Crippen LogP contribution in [-0.2, 0) is 5.75 Å². The minimum atomic E-state index is -0.270. The number of amides is 1. The van der Waals surface area contributed by atoms with Gasteiger partial charge in [-0.2, -0.15) is 0 Å². The first-order valence-electron chi connectivity index (χ1n) is 8.60. The van der Waals surface area contributed by atoms with Crippen LogP contribution < -0.4 is 10.9 Å². The monoisotopic (exact) mass is 462 g/mol. The van der Waals surface area contributed by atoms with E-state index in [0.29, 0.717) is 26.9 Å². The second-order valence-electron chi connectivity index (χ2n) is 6.12.